The van der Waals surface area contributed by atoms with E-state index in [0.717, 1.165) is 42.4 Å². The Hall–Kier alpha value is -0.870. The minimum absolute atomic E-state index is 0.0658. The van der Waals surface area contributed by atoms with Gasteiger partial charge in [-0.3, -0.25) is 4.79 Å². The number of hydrogen-bond donors (Lipinski definition) is 2. The number of fused-ring (bicyclic) bond motifs is 5. The highest BCUT2D eigenvalue weighted by Gasteiger charge is 2.62. The molecule has 3 saturated carbocycles. The molecule has 0 aliphatic heterocycles. The molecule has 0 radical (unpaired) electrons. The van der Waals surface area contributed by atoms with Crippen LogP contribution in [0.5, 0.6) is 0 Å². The molecule has 0 spiro atoms. The summed E-state index contributed by atoms with van der Waals surface area (Å²) in [4.78, 5) is 14.8. The highest BCUT2D eigenvalue weighted by Crippen LogP contribution is 2.68. The van der Waals surface area contributed by atoms with Gasteiger partial charge in [-0.15, -0.1) is 0 Å². The molecule has 36 heavy (non-hydrogen) atoms. The zero-order chi connectivity index (χ0) is 26.5. The predicted molar refractivity (Wildman–Crippen MR) is 149 cm³/mol. The maximum Gasteiger partial charge on any atom is 0.254 e. The van der Waals surface area contributed by atoms with Crippen molar-refractivity contribution < 1.29 is 9.90 Å². The van der Waals surface area contributed by atoms with Crippen LogP contribution in [0.4, 0.5) is 0 Å². The number of nitrogens with two attached hydrogens (primary N) is 1. The Morgan fingerprint density at radius 2 is 1.86 bits per heavy atom. The van der Waals surface area contributed by atoms with Crippen LogP contribution in [-0.2, 0) is 4.79 Å². The Bertz CT molecular complexity index is 836. The molecular weight excluding hydrogens is 444 g/mol. The van der Waals surface area contributed by atoms with Crippen molar-refractivity contribution in [2.24, 2.45) is 58.0 Å². The molecule has 0 aromatic carbocycles. The molecule has 0 saturated heterocycles. The number of likely N-dealkylation sites (N-methyl/N-ethyl adjacent to an activating group) is 1. The standard InChI is InChI=1S/C32H56N2O2/c1-21(2)9-8-10-22(3)26-13-14-27-25-12-11-23-20-32(36,29(35)34(6)7)24(16-18-33)19-31(23,5)28(25)15-17-30(26,27)4/h11,21-22,24-28,36H,8-10,12-20,33H2,1-7H3/t22-,24?,25+,26-,27+,28+,30-,31+,32?/m1/s1. The van der Waals surface area contributed by atoms with Crippen LogP contribution >= 0.6 is 0 Å². The fourth-order valence-corrected chi connectivity index (χ4v) is 10.0. The smallest absolute Gasteiger partial charge is 0.254 e. The van der Waals surface area contributed by atoms with Crippen LogP contribution < -0.4 is 5.73 Å². The summed E-state index contributed by atoms with van der Waals surface area (Å²) in [7, 11) is 3.53. The molecule has 0 aromatic heterocycles. The number of carbonyl (C=O) groups is 1. The van der Waals surface area contributed by atoms with Crippen LogP contribution in [0.25, 0.3) is 0 Å². The van der Waals surface area contributed by atoms with Crippen molar-refractivity contribution in [3.8, 4) is 0 Å². The molecule has 1 amide bonds. The molecule has 9 atom stereocenters. The average molecular weight is 501 g/mol. The van der Waals surface area contributed by atoms with Crippen LogP contribution in [0, 0.1) is 52.3 Å². The van der Waals surface area contributed by atoms with Gasteiger partial charge >= 0.3 is 0 Å². The molecule has 2 unspecified atom stereocenters. The van der Waals surface area contributed by atoms with Gasteiger partial charge < -0.3 is 15.7 Å². The van der Waals surface area contributed by atoms with E-state index in [1.165, 1.54) is 50.5 Å². The highest BCUT2D eigenvalue weighted by atomic mass is 16.3. The summed E-state index contributed by atoms with van der Waals surface area (Å²) >= 11 is 0. The first-order valence-electron chi connectivity index (χ1n) is 15.2. The van der Waals surface area contributed by atoms with Crippen molar-refractivity contribution in [1.82, 2.24) is 4.90 Å². The van der Waals surface area contributed by atoms with Gasteiger partial charge in [0.05, 0.1) is 0 Å². The molecule has 4 heteroatoms. The van der Waals surface area contributed by atoms with Gasteiger partial charge in [-0.1, -0.05) is 65.5 Å². The topological polar surface area (TPSA) is 66.6 Å². The Morgan fingerprint density at radius 1 is 1.14 bits per heavy atom. The highest BCUT2D eigenvalue weighted by molar-refractivity contribution is 5.85. The zero-order valence-corrected chi connectivity index (χ0v) is 24.5. The monoisotopic (exact) mass is 500 g/mol. The first kappa shape index (κ1) is 28.1. The lowest BCUT2D eigenvalue weighted by molar-refractivity contribution is -0.164. The summed E-state index contributed by atoms with van der Waals surface area (Å²) in [5.41, 5.74) is 6.64. The summed E-state index contributed by atoms with van der Waals surface area (Å²) in [5, 5.41) is 11.8. The number of rotatable bonds is 8. The number of carbonyl (C=O) groups excluding carboxylic acids is 1. The Balaban J connectivity index is 1.56. The quantitative estimate of drug-likeness (QED) is 0.378. The van der Waals surface area contributed by atoms with Crippen molar-refractivity contribution >= 4 is 5.91 Å². The molecule has 3 fully saturated rings. The minimum atomic E-state index is -1.31. The lowest BCUT2D eigenvalue weighted by Gasteiger charge is -2.60. The molecule has 4 rings (SSSR count). The first-order chi connectivity index (χ1) is 16.9. The van der Waals surface area contributed by atoms with E-state index in [0.29, 0.717) is 30.7 Å². The Kier molecular flexibility index (Phi) is 8.10. The van der Waals surface area contributed by atoms with E-state index < -0.39 is 5.60 Å². The van der Waals surface area contributed by atoms with Gasteiger partial charge in [0.15, 0.2) is 0 Å². The Morgan fingerprint density at radius 3 is 2.50 bits per heavy atom. The number of amides is 1. The fraction of sp³-hybridized carbons (Fsp3) is 0.906. The van der Waals surface area contributed by atoms with Crippen molar-refractivity contribution in [2.45, 2.75) is 111 Å². The van der Waals surface area contributed by atoms with Gasteiger partial charge in [-0.25, -0.2) is 0 Å². The van der Waals surface area contributed by atoms with E-state index in [2.05, 4.69) is 40.7 Å². The van der Waals surface area contributed by atoms with Crippen molar-refractivity contribution in [1.29, 1.82) is 0 Å². The van der Waals surface area contributed by atoms with Gasteiger partial charge in [0, 0.05) is 20.5 Å². The summed E-state index contributed by atoms with van der Waals surface area (Å²) in [6, 6.07) is 0. The van der Waals surface area contributed by atoms with Gasteiger partial charge in [-0.05, 0) is 104 Å². The third-order valence-electron chi connectivity index (χ3n) is 11.9. The second kappa shape index (κ2) is 10.4. The summed E-state index contributed by atoms with van der Waals surface area (Å²) in [5.74, 6) is 4.54. The third-order valence-corrected chi connectivity index (χ3v) is 11.9. The van der Waals surface area contributed by atoms with E-state index in [9.17, 15) is 9.90 Å². The average Bonchev–Trinajstić information content (AvgIpc) is 3.16. The van der Waals surface area contributed by atoms with Crippen LogP contribution in [0.15, 0.2) is 11.6 Å². The maximum absolute atomic E-state index is 13.2. The number of aliphatic hydroxyl groups is 1. The van der Waals surface area contributed by atoms with E-state index >= 15 is 0 Å². The molecular formula is C32H56N2O2. The van der Waals surface area contributed by atoms with Gasteiger partial charge in [-0.2, -0.15) is 0 Å². The zero-order valence-electron chi connectivity index (χ0n) is 24.5. The maximum atomic E-state index is 13.2. The summed E-state index contributed by atoms with van der Waals surface area (Å²) in [6.45, 7) is 12.9. The minimum Gasteiger partial charge on any atom is -0.379 e. The largest absolute Gasteiger partial charge is 0.379 e. The third kappa shape index (κ3) is 4.61. The normalized spacial score (nSPS) is 42.8. The number of hydrogen-bond acceptors (Lipinski definition) is 3. The van der Waals surface area contributed by atoms with E-state index in [1.54, 1.807) is 19.0 Å². The molecule has 0 bridgehead atoms. The van der Waals surface area contributed by atoms with Crippen LogP contribution in [-0.4, -0.2) is 42.2 Å². The van der Waals surface area contributed by atoms with Crippen LogP contribution in [0.2, 0.25) is 0 Å². The molecule has 3 N–H and O–H groups in total. The van der Waals surface area contributed by atoms with Crippen LogP contribution in [0.1, 0.15) is 105 Å². The van der Waals surface area contributed by atoms with E-state index in [-0.39, 0.29) is 17.2 Å². The van der Waals surface area contributed by atoms with Crippen molar-refractivity contribution in [3.63, 3.8) is 0 Å². The van der Waals surface area contributed by atoms with Gasteiger partial charge in [0.2, 0.25) is 0 Å². The van der Waals surface area contributed by atoms with Gasteiger partial charge in [0.25, 0.3) is 5.91 Å². The van der Waals surface area contributed by atoms with Crippen molar-refractivity contribution in [3.05, 3.63) is 11.6 Å². The summed E-state index contributed by atoms with van der Waals surface area (Å²) < 4.78 is 0. The van der Waals surface area contributed by atoms with Gasteiger partial charge in [0.1, 0.15) is 5.60 Å². The molecule has 4 aliphatic rings. The second-order valence-corrected chi connectivity index (χ2v) is 14.6. The molecule has 4 nitrogen and oxygen atoms in total. The number of allylic oxidation sites excluding steroid dienone is 1. The lowest BCUT2D eigenvalue weighted by atomic mass is 9.45. The van der Waals surface area contributed by atoms with E-state index in [4.69, 9.17) is 5.73 Å². The Labute approximate surface area is 221 Å². The first-order valence-corrected chi connectivity index (χ1v) is 15.2. The molecule has 0 aromatic rings. The number of nitrogens with zero attached hydrogens (tertiary/aromatic N) is 1. The van der Waals surface area contributed by atoms with Crippen LogP contribution in [0.3, 0.4) is 0 Å². The molecule has 4 aliphatic carbocycles. The fourth-order valence-electron chi connectivity index (χ4n) is 10.0. The molecule has 0 heterocycles. The summed E-state index contributed by atoms with van der Waals surface area (Å²) in [6.07, 6.45) is 15.3. The molecule has 206 valence electrons. The second-order valence-electron chi connectivity index (χ2n) is 14.6. The SMILES string of the molecule is CC(C)CCC[C@@H](C)[C@H]1CC[C@H]2[C@@H]3CC=C4CC(O)(C(=O)N(C)C)C(CCN)C[C@]4(C)[C@H]3CC[C@]12C. The lowest BCUT2D eigenvalue weighted by Crippen LogP contribution is -2.60. The predicted octanol–water partition coefficient (Wildman–Crippen LogP) is 6.42. The van der Waals surface area contributed by atoms with E-state index in [1.807, 2.05) is 0 Å². The van der Waals surface area contributed by atoms with Crippen molar-refractivity contribution in [2.75, 3.05) is 20.6 Å².